The van der Waals surface area contributed by atoms with E-state index >= 15 is 0 Å². The molecule has 0 bridgehead atoms. The average Bonchev–Trinajstić information content (AvgIpc) is 3.41. The fourth-order valence-electron chi connectivity index (χ4n) is 8.79. The molecule has 0 saturated carbocycles. The third-order valence-corrected chi connectivity index (χ3v) is 13.5. The molecule has 0 aromatic heterocycles. The molecule has 0 spiro atoms. The van der Waals surface area contributed by atoms with Gasteiger partial charge in [0, 0.05) is 19.3 Å². The number of rotatable bonds is 57. The van der Waals surface area contributed by atoms with Crippen molar-refractivity contribution in [3.63, 3.8) is 0 Å². The van der Waals surface area contributed by atoms with Crippen LogP contribution in [-0.2, 0) is 28.6 Å². The smallest absolute Gasteiger partial charge is 0.306 e. The maximum absolute atomic E-state index is 12.9. The van der Waals surface area contributed by atoms with E-state index in [4.69, 9.17) is 14.2 Å². The highest BCUT2D eigenvalue weighted by molar-refractivity contribution is 5.71. The lowest BCUT2D eigenvalue weighted by molar-refractivity contribution is -0.167. The highest BCUT2D eigenvalue weighted by Gasteiger charge is 2.19. The topological polar surface area (TPSA) is 78.9 Å². The Balaban J connectivity index is 4.39. The van der Waals surface area contributed by atoms with Gasteiger partial charge in [-0.25, -0.2) is 0 Å². The van der Waals surface area contributed by atoms with Gasteiger partial charge < -0.3 is 14.2 Å². The van der Waals surface area contributed by atoms with Crippen LogP contribution in [0.15, 0.2) is 97.2 Å². The van der Waals surface area contributed by atoms with Crippen molar-refractivity contribution < 1.29 is 28.6 Å². The molecule has 75 heavy (non-hydrogen) atoms. The van der Waals surface area contributed by atoms with Crippen LogP contribution in [-0.4, -0.2) is 37.2 Å². The van der Waals surface area contributed by atoms with Crippen LogP contribution in [0.3, 0.4) is 0 Å². The Labute approximate surface area is 464 Å². The first-order valence-electron chi connectivity index (χ1n) is 31.7. The molecule has 1 unspecified atom stereocenters. The molecule has 0 saturated heterocycles. The van der Waals surface area contributed by atoms with E-state index in [-0.39, 0.29) is 31.1 Å². The zero-order valence-corrected chi connectivity index (χ0v) is 49.3. The number of hydrogen-bond acceptors (Lipinski definition) is 6. The summed E-state index contributed by atoms with van der Waals surface area (Å²) >= 11 is 0. The molecule has 0 rings (SSSR count). The van der Waals surface area contributed by atoms with Gasteiger partial charge in [-0.2, -0.15) is 0 Å². The summed E-state index contributed by atoms with van der Waals surface area (Å²) in [6.45, 7) is 6.49. The van der Waals surface area contributed by atoms with Gasteiger partial charge in [0.05, 0.1) is 0 Å². The zero-order chi connectivity index (χ0) is 54.3. The summed E-state index contributed by atoms with van der Waals surface area (Å²) < 4.78 is 16.9. The molecule has 6 heteroatoms. The van der Waals surface area contributed by atoms with E-state index < -0.39 is 6.10 Å². The van der Waals surface area contributed by atoms with Crippen LogP contribution in [0.2, 0.25) is 0 Å². The third-order valence-electron chi connectivity index (χ3n) is 13.5. The van der Waals surface area contributed by atoms with Crippen LogP contribution >= 0.6 is 0 Å². The average molecular weight is 1040 g/mol. The second-order valence-corrected chi connectivity index (χ2v) is 20.9. The molecule has 0 aliphatic carbocycles. The number of carbonyl (C=O) groups excluding carboxylic acids is 3. The lowest BCUT2D eigenvalue weighted by Gasteiger charge is -2.18. The molecule has 0 aliphatic rings. The van der Waals surface area contributed by atoms with Gasteiger partial charge in [-0.15, -0.1) is 0 Å². The van der Waals surface area contributed by atoms with Crippen molar-refractivity contribution in [1.82, 2.24) is 0 Å². The van der Waals surface area contributed by atoms with Crippen molar-refractivity contribution in [1.29, 1.82) is 0 Å². The van der Waals surface area contributed by atoms with Gasteiger partial charge in [-0.05, 0) is 122 Å². The van der Waals surface area contributed by atoms with Gasteiger partial charge in [0.15, 0.2) is 6.10 Å². The SMILES string of the molecule is CC/C=C\C/C=C\C/C=C\C/C=C\CCCCCCCCCCCCC(=O)OCC(COC(=O)CCCCCCCCC/C=C\C/C=C\CCCCC)OC(=O)CCCCCCCCC/C=C\C/C=C\CCCCC. The van der Waals surface area contributed by atoms with Crippen molar-refractivity contribution in [3.8, 4) is 0 Å². The first-order valence-corrected chi connectivity index (χ1v) is 31.7. The third kappa shape index (κ3) is 61.1. The zero-order valence-electron chi connectivity index (χ0n) is 49.3. The molecule has 0 aromatic rings. The van der Waals surface area contributed by atoms with Crippen LogP contribution < -0.4 is 0 Å². The summed E-state index contributed by atoms with van der Waals surface area (Å²) in [5.74, 6) is -0.895. The highest BCUT2D eigenvalue weighted by atomic mass is 16.6. The van der Waals surface area contributed by atoms with Crippen LogP contribution in [0, 0.1) is 0 Å². The maximum atomic E-state index is 12.9. The molecule has 430 valence electrons. The van der Waals surface area contributed by atoms with E-state index in [1.165, 1.54) is 154 Å². The van der Waals surface area contributed by atoms with Crippen LogP contribution in [0.4, 0.5) is 0 Å². The Hall–Kier alpha value is -3.67. The van der Waals surface area contributed by atoms with Crippen molar-refractivity contribution >= 4 is 17.9 Å². The molecule has 0 radical (unpaired) electrons. The summed E-state index contributed by atoms with van der Waals surface area (Å²) in [5.41, 5.74) is 0. The maximum Gasteiger partial charge on any atom is 0.306 e. The van der Waals surface area contributed by atoms with Crippen molar-refractivity contribution in [3.05, 3.63) is 97.2 Å². The Kier molecular flexibility index (Phi) is 59.8. The lowest BCUT2D eigenvalue weighted by atomic mass is 10.1. The molecule has 1 atom stereocenters. The van der Waals surface area contributed by atoms with E-state index in [2.05, 4.69) is 118 Å². The van der Waals surface area contributed by atoms with Gasteiger partial charge in [0.1, 0.15) is 13.2 Å². The Morgan fingerprint density at radius 1 is 0.280 bits per heavy atom. The largest absolute Gasteiger partial charge is 0.462 e. The second kappa shape index (κ2) is 62.9. The monoisotopic (exact) mass is 1040 g/mol. The summed E-state index contributed by atoms with van der Waals surface area (Å²) in [5, 5.41) is 0. The molecule has 0 fully saturated rings. The predicted molar refractivity (Wildman–Crippen MR) is 325 cm³/mol. The van der Waals surface area contributed by atoms with Gasteiger partial charge in [-0.1, -0.05) is 259 Å². The quantitative estimate of drug-likeness (QED) is 0.0261. The molecule has 0 aromatic carbocycles. The molecule has 0 heterocycles. The number of hydrogen-bond donors (Lipinski definition) is 0. The molecule has 0 aliphatic heterocycles. The predicted octanol–water partition coefficient (Wildman–Crippen LogP) is 21.7. The number of allylic oxidation sites excluding steroid dienone is 16. The van der Waals surface area contributed by atoms with Crippen molar-refractivity contribution in [2.24, 2.45) is 0 Å². The summed E-state index contributed by atoms with van der Waals surface area (Å²) in [4.78, 5) is 38.3. The minimum Gasteiger partial charge on any atom is -0.462 e. The number of ether oxygens (including phenoxy) is 3. The van der Waals surface area contributed by atoms with Gasteiger partial charge in [0.25, 0.3) is 0 Å². The Bertz CT molecular complexity index is 1480. The summed E-state index contributed by atoms with van der Waals surface area (Å²) in [6.07, 6.45) is 84.0. The highest BCUT2D eigenvalue weighted by Crippen LogP contribution is 2.16. The normalized spacial score (nSPS) is 12.7. The van der Waals surface area contributed by atoms with E-state index in [0.717, 1.165) is 109 Å². The van der Waals surface area contributed by atoms with Crippen LogP contribution in [0.25, 0.3) is 0 Å². The van der Waals surface area contributed by atoms with Crippen molar-refractivity contribution in [2.75, 3.05) is 13.2 Å². The lowest BCUT2D eigenvalue weighted by Crippen LogP contribution is -2.30. The van der Waals surface area contributed by atoms with Gasteiger partial charge in [0.2, 0.25) is 0 Å². The summed E-state index contributed by atoms with van der Waals surface area (Å²) in [6, 6.07) is 0. The fraction of sp³-hybridized carbons (Fsp3) is 0.725. The van der Waals surface area contributed by atoms with E-state index in [1.54, 1.807) is 0 Å². The first kappa shape index (κ1) is 71.3. The molecule has 0 amide bonds. The number of unbranched alkanes of at least 4 members (excludes halogenated alkanes) is 30. The van der Waals surface area contributed by atoms with E-state index in [9.17, 15) is 14.4 Å². The standard InChI is InChI=1S/C69H118O6/c1-4-7-10-13-16-19-22-25-28-31-32-33-34-35-36-39-41-44-47-50-53-56-59-62-68(71)74-65-66(75-69(72)63-60-57-54-51-48-45-42-38-30-27-24-21-18-15-12-9-6-3)64-73-67(70)61-58-55-52-49-46-43-40-37-29-26-23-20-17-14-11-8-5-2/h7,10,16-21,25-30,32-33,66H,4-6,8-9,11-15,22-24,31,34-65H2,1-3H3/b10-7-,19-16-,20-17-,21-18-,28-25-,29-26-,30-27-,33-32-. The van der Waals surface area contributed by atoms with Crippen LogP contribution in [0.5, 0.6) is 0 Å². The van der Waals surface area contributed by atoms with Crippen molar-refractivity contribution in [2.45, 2.75) is 309 Å². The van der Waals surface area contributed by atoms with Gasteiger partial charge >= 0.3 is 17.9 Å². The molecule has 0 N–H and O–H groups in total. The van der Waals surface area contributed by atoms with Gasteiger partial charge in [-0.3, -0.25) is 14.4 Å². The molecular formula is C69H118O6. The van der Waals surface area contributed by atoms with Crippen LogP contribution in [0.1, 0.15) is 303 Å². The second-order valence-electron chi connectivity index (χ2n) is 20.9. The first-order chi connectivity index (χ1) is 37.0. The Morgan fingerprint density at radius 3 is 0.813 bits per heavy atom. The fourth-order valence-corrected chi connectivity index (χ4v) is 8.79. The number of carbonyl (C=O) groups is 3. The molecular weight excluding hydrogens is 925 g/mol. The number of esters is 3. The molecule has 6 nitrogen and oxygen atoms in total. The Morgan fingerprint density at radius 2 is 0.520 bits per heavy atom. The minimum atomic E-state index is -0.789. The summed E-state index contributed by atoms with van der Waals surface area (Å²) in [7, 11) is 0. The minimum absolute atomic E-state index is 0.0851. The van der Waals surface area contributed by atoms with E-state index in [1.807, 2.05) is 0 Å². The van der Waals surface area contributed by atoms with E-state index in [0.29, 0.717) is 19.3 Å².